The SMILES string of the molecule is Cc1ccc(CNC(=O)C2CCN(S(C)(=O)=O)CC2)s1. The molecule has 0 unspecified atom stereocenters. The number of sulfonamides is 1. The molecule has 0 bridgehead atoms. The Morgan fingerprint density at radius 2 is 2.05 bits per heavy atom. The number of piperidine rings is 1. The Morgan fingerprint density at radius 3 is 2.55 bits per heavy atom. The normalized spacial score (nSPS) is 18.1. The number of hydrogen-bond donors (Lipinski definition) is 1. The first-order valence-electron chi connectivity index (χ1n) is 6.64. The van der Waals surface area contributed by atoms with E-state index in [0.717, 1.165) is 4.88 Å². The summed E-state index contributed by atoms with van der Waals surface area (Å²) in [5.41, 5.74) is 0. The van der Waals surface area contributed by atoms with Crippen molar-refractivity contribution in [1.29, 1.82) is 0 Å². The number of hydrogen-bond acceptors (Lipinski definition) is 4. The average molecular weight is 316 g/mol. The first kappa shape index (κ1) is 15.5. The highest BCUT2D eigenvalue weighted by Crippen LogP contribution is 2.20. The predicted molar refractivity (Wildman–Crippen MR) is 80.0 cm³/mol. The summed E-state index contributed by atoms with van der Waals surface area (Å²) in [5, 5.41) is 2.94. The molecular formula is C13H20N2O3S2. The Balaban J connectivity index is 1.80. The summed E-state index contributed by atoms with van der Waals surface area (Å²) >= 11 is 1.68. The van der Waals surface area contributed by atoms with Gasteiger partial charge in [0.25, 0.3) is 0 Å². The van der Waals surface area contributed by atoms with Gasteiger partial charge in [-0.3, -0.25) is 4.79 Å². The summed E-state index contributed by atoms with van der Waals surface area (Å²) in [6, 6.07) is 4.06. The number of nitrogens with one attached hydrogen (secondary N) is 1. The number of thiophene rings is 1. The van der Waals surface area contributed by atoms with Gasteiger partial charge >= 0.3 is 0 Å². The van der Waals surface area contributed by atoms with Crippen LogP contribution in [0.5, 0.6) is 0 Å². The minimum Gasteiger partial charge on any atom is -0.351 e. The van der Waals surface area contributed by atoms with E-state index < -0.39 is 10.0 Å². The third-order valence-corrected chi connectivity index (χ3v) is 5.83. The zero-order valence-electron chi connectivity index (χ0n) is 11.8. The highest BCUT2D eigenvalue weighted by atomic mass is 32.2. The molecule has 0 atom stereocenters. The lowest BCUT2D eigenvalue weighted by molar-refractivity contribution is -0.126. The van der Waals surface area contributed by atoms with Crippen LogP contribution >= 0.6 is 11.3 Å². The molecule has 1 aromatic heterocycles. The van der Waals surface area contributed by atoms with Crippen LogP contribution in [0.3, 0.4) is 0 Å². The van der Waals surface area contributed by atoms with Crippen LogP contribution in [0.4, 0.5) is 0 Å². The van der Waals surface area contributed by atoms with Crippen molar-refractivity contribution >= 4 is 27.3 Å². The number of carbonyl (C=O) groups is 1. The zero-order valence-corrected chi connectivity index (χ0v) is 13.4. The molecule has 2 heterocycles. The summed E-state index contributed by atoms with van der Waals surface area (Å²) in [5.74, 6) is -0.0433. The summed E-state index contributed by atoms with van der Waals surface area (Å²) in [7, 11) is -3.12. The van der Waals surface area contributed by atoms with Crippen LogP contribution in [-0.4, -0.2) is 38.0 Å². The molecule has 0 saturated carbocycles. The zero-order chi connectivity index (χ0) is 14.8. The quantitative estimate of drug-likeness (QED) is 0.911. The summed E-state index contributed by atoms with van der Waals surface area (Å²) in [6.45, 7) is 3.48. The first-order chi connectivity index (χ1) is 9.36. The fraction of sp³-hybridized carbons (Fsp3) is 0.615. The number of amides is 1. The number of rotatable bonds is 4. The minimum atomic E-state index is -3.12. The molecule has 5 nitrogen and oxygen atoms in total. The first-order valence-corrected chi connectivity index (χ1v) is 9.31. The van der Waals surface area contributed by atoms with Gasteiger partial charge in [-0.25, -0.2) is 12.7 Å². The van der Waals surface area contributed by atoms with E-state index in [1.54, 1.807) is 11.3 Å². The van der Waals surface area contributed by atoms with Gasteiger partial charge in [-0.2, -0.15) is 0 Å². The lowest BCUT2D eigenvalue weighted by atomic mass is 9.97. The molecule has 112 valence electrons. The monoisotopic (exact) mass is 316 g/mol. The molecule has 1 aliphatic heterocycles. The van der Waals surface area contributed by atoms with Crippen molar-refractivity contribution in [2.75, 3.05) is 19.3 Å². The molecule has 1 fully saturated rings. The minimum absolute atomic E-state index is 0.0317. The molecule has 2 rings (SSSR count). The molecular weight excluding hydrogens is 296 g/mol. The Kier molecular flexibility index (Phi) is 4.82. The van der Waals surface area contributed by atoms with Crippen molar-refractivity contribution < 1.29 is 13.2 Å². The fourth-order valence-electron chi connectivity index (χ4n) is 2.35. The summed E-state index contributed by atoms with van der Waals surface area (Å²) in [6.07, 6.45) is 2.41. The smallest absolute Gasteiger partial charge is 0.223 e. The van der Waals surface area contributed by atoms with Crippen molar-refractivity contribution in [3.63, 3.8) is 0 Å². The fourth-order valence-corrected chi connectivity index (χ4v) is 4.05. The Bertz CT molecular complexity index is 572. The molecule has 7 heteroatoms. The number of aryl methyl sites for hydroxylation is 1. The topological polar surface area (TPSA) is 66.5 Å². The molecule has 0 aromatic carbocycles. The molecule has 1 N–H and O–H groups in total. The molecule has 1 aromatic rings. The van der Waals surface area contributed by atoms with Gasteiger partial charge in [0, 0.05) is 28.8 Å². The Morgan fingerprint density at radius 1 is 1.40 bits per heavy atom. The maximum atomic E-state index is 12.1. The van der Waals surface area contributed by atoms with Crippen molar-refractivity contribution in [3.05, 3.63) is 21.9 Å². The second-order valence-corrected chi connectivity index (χ2v) is 8.52. The highest BCUT2D eigenvalue weighted by molar-refractivity contribution is 7.88. The van der Waals surface area contributed by atoms with Crippen molar-refractivity contribution in [2.45, 2.75) is 26.3 Å². The van der Waals surface area contributed by atoms with Crippen LogP contribution in [0.25, 0.3) is 0 Å². The van der Waals surface area contributed by atoms with Crippen LogP contribution in [0, 0.1) is 12.8 Å². The van der Waals surface area contributed by atoms with E-state index in [0.29, 0.717) is 32.5 Å². The molecule has 0 radical (unpaired) electrons. The third kappa shape index (κ3) is 4.04. The van der Waals surface area contributed by atoms with Crippen LogP contribution in [-0.2, 0) is 21.4 Å². The van der Waals surface area contributed by atoms with Gasteiger partial charge in [-0.15, -0.1) is 11.3 Å². The van der Waals surface area contributed by atoms with Gasteiger partial charge in [0.05, 0.1) is 12.8 Å². The van der Waals surface area contributed by atoms with E-state index in [1.807, 2.05) is 19.1 Å². The molecule has 1 aliphatic rings. The molecule has 1 amide bonds. The second-order valence-electron chi connectivity index (χ2n) is 5.17. The highest BCUT2D eigenvalue weighted by Gasteiger charge is 2.28. The predicted octanol–water partition coefficient (Wildman–Crippen LogP) is 1.34. The van der Waals surface area contributed by atoms with E-state index in [2.05, 4.69) is 5.32 Å². The Labute approximate surface area is 124 Å². The lowest BCUT2D eigenvalue weighted by Crippen LogP contribution is -2.42. The largest absolute Gasteiger partial charge is 0.351 e. The molecule has 1 saturated heterocycles. The van der Waals surface area contributed by atoms with Crippen molar-refractivity contribution in [3.8, 4) is 0 Å². The van der Waals surface area contributed by atoms with E-state index in [9.17, 15) is 13.2 Å². The number of nitrogens with zero attached hydrogens (tertiary/aromatic N) is 1. The van der Waals surface area contributed by atoms with Gasteiger partial charge in [0.15, 0.2) is 0 Å². The lowest BCUT2D eigenvalue weighted by Gasteiger charge is -2.29. The maximum absolute atomic E-state index is 12.1. The number of carbonyl (C=O) groups excluding carboxylic acids is 1. The molecule has 20 heavy (non-hydrogen) atoms. The van der Waals surface area contributed by atoms with Crippen LogP contribution in [0.15, 0.2) is 12.1 Å². The van der Waals surface area contributed by atoms with E-state index in [4.69, 9.17) is 0 Å². The van der Waals surface area contributed by atoms with E-state index in [1.165, 1.54) is 15.4 Å². The van der Waals surface area contributed by atoms with E-state index in [-0.39, 0.29) is 11.8 Å². The van der Waals surface area contributed by atoms with Crippen LogP contribution in [0.1, 0.15) is 22.6 Å². The third-order valence-electron chi connectivity index (χ3n) is 3.53. The Hall–Kier alpha value is -0.920. The van der Waals surface area contributed by atoms with Crippen molar-refractivity contribution in [2.24, 2.45) is 5.92 Å². The van der Waals surface area contributed by atoms with Gasteiger partial charge in [-0.05, 0) is 31.9 Å². The van der Waals surface area contributed by atoms with Gasteiger partial charge in [0.2, 0.25) is 15.9 Å². The van der Waals surface area contributed by atoms with Crippen molar-refractivity contribution in [1.82, 2.24) is 9.62 Å². The summed E-state index contributed by atoms with van der Waals surface area (Å²) < 4.78 is 24.2. The van der Waals surface area contributed by atoms with Gasteiger partial charge in [0.1, 0.15) is 0 Å². The van der Waals surface area contributed by atoms with Gasteiger partial charge in [-0.1, -0.05) is 0 Å². The summed E-state index contributed by atoms with van der Waals surface area (Å²) in [4.78, 5) is 14.4. The molecule has 0 spiro atoms. The standard InChI is InChI=1S/C13H20N2O3S2/c1-10-3-4-12(19-10)9-14-13(16)11-5-7-15(8-6-11)20(2,17)18/h3-4,11H,5-9H2,1-2H3,(H,14,16). The average Bonchev–Trinajstić information content (AvgIpc) is 2.81. The second kappa shape index (κ2) is 6.24. The molecule has 0 aliphatic carbocycles. The van der Waals surface area contributed by atoms with Gasteiger partial charge < -0.3 is 5.32 Å². The van der Waals surface area contributed by atoms with E-state index >= 15 is 0 Å². The van der Waals surface area contributed by atoms with Crippen LogP contribution < -0.4 is 5.32 Å². The maximum Gasteiger partial charge on any atom is 0.223 e. The van der Waals surface area contributed by atoms with Crippen LogP contribution in [0.2, 0.25) is 0 Å².